The summed E-state index contributed by atoms with van der Waals surface area (Å²) in [6.07, 6.45) is -1.78. The van der Waals surface area contributed by atoms with Crippen molar-refractivity contribution >= 4 is 23.4 Å². The molecule has 22 heavy (non-hydrogen) atoms. The average molecular weight is 325 g/mol. The molecule has 0 fully saturated rings. The molecule has 0 amide bonds. The van der Waals surface area contributed by atoms with Crippen LogP contribution < -0.4 is 5.43 Å². The molecule has 2 aromatic rings. The highest BCUT2D eigenvalue weighted by Crippen LogP contribution is 2.31. The van der Waals surface area contributed by atoms with Crippen LogP contribution in [0.15, 0.2) is 42.1 Å². The highest BCUT2D eigenvalue weighted by atomic mass is 32.2. The molecule has 0 saturated carbocycles. The lowest BCUT2D eigenvalue weighted by Crippen LogP contribution is -2.27. The minimum absolute atomic E-state index is 0.112. The number of alkyl halides is 3. The van der Waals surface area contributed by atoms with Crippen LogP contribution >= 0.6 is 11.8 Å². The molecule has 0 saturated heterocycles. The number of hydrazine groups is 1. The molecule has 0 unspecified atom stereocenters. The van der Waals surface area contributed by atoms with Gasteiger partial charge in [0, 0.05) is 17.8 Å². The lowest BCUT2D eigenvalue weighted by atomic mass is 10.3. The van der Waals surface area contributed by atoms with E-state index in [9.17, 15) is 13.2 Å². The van der Waals surface area contributed by atoms with E-state index in [4.69, 9.17) is 0 Å². The fraction of sp³-hybridized carbons (Fsp3) is 0.154. The van der Waals surface area contributed by atoms with E-state index < -0.39 is 11.9 Å². The number of thioether (sulfide) groups is 1. The van der Waals surface area contributed by atoms with E-state index in [0.29, 0.717) is 11.6 Å². The lowest BCUT2D eigenvalue weighted by molar-refractivity contribution is -0.141. The summed E-state index contributed by atoms with van der Waals surface area (Å²) in [5.74, 6) is 0.407. The van der Waals surface area contributed by atoms with Gasteiger partial charge in [-0.15, -0.1) is 11.8 Å². The summed E-state index contributed by atoms with van der Waals surface area (Å²) in [4.78, 5) is 11.5. The molecule has 0 spiro atoms. The van der Waals surface area contributed by atoms with Crippen LogP contribution in [0, 0.1) is 0 Å². The molecule has 0 aromatic carbocycles. The Balaban J connectivity index is 1.80. The van der Waals surface area contributed by atoms with E-state index in [1.807, 2.05) is 17.5 Å². The molecule has 0 aliphatic carbocycles. The fourth-order valence-electron chi connectivity index (χ4n) is 1.82. The highest BCUT2D eigenvalue weighted by molar-refractivity contribution is 8.02. The van der Waals surface area contributed by atoms with Crippen LogP contribution in [0.4, 0.5) is 19.1 Å². The number of nitrogens with one attached hydrogen (secondary N) is 1. The topological polar surface area (TPSA) is 53.9 Å². The van der Waals surface area contributed by atoms with Crippen molar-refractivity contribution in [2.45, 2.75) is 6.18 Å². The summed E-state index contributed by atoms with van der Waals surface area (Å²) in [5.41, 5.74) is 3.27. The number of rotatable bonds is 3. The Morgan fingerprint density at radius 1 is 1.14 bits per heavy atom. The number of hydrogen-bond donors (Lipinski definition) is 1. The van der Waals surface area contributed by atoms with Crippen LogP contribution in [0.1, 0.15) is 11.4 Å². The van der Waals surface area contributed by atoms with Crippen LogP contribution in [0.2, 0.25) is 0 Å². The van der Waals surface area contributed by atoms with Gasteiger partial charge in [0.15, 0.2) is 0 Å². The van der Waals surface area contributed by atoms with Crippen LogP contribution in [-0.4, -0.2) is 25.8 Å². The molecule has 0 radical (unpaired) electrons. The zero-order valence-electron chi connectivity index (χ0n) is 11.1. The third kappa shape index (κ3) is 3.14. The van der Waals surface area contributed by atoms with Gasteiger partial charge in [-0.2, -0.15) is 13.2 Å². The van der Waals surface area contributed by atoms with Crippen molar-refractivity contribution in [2.24, 2.45) is 0 Å². The Morgan fingerprint density at radius 3 is 2.73 bits per heavy atom. The highest BCUT2D eigenvalue weighted by Gasteiger charge is 2.33. The number of aromatic nitrogens is 3. The van der Waals surface area contributed by atoms with E-state index in [0.717, 1.165) is 18.0 Å². The molecule has 1 aliphatic heterocycles. The van der Waals surface area contributed by atoms with Crippen molar-refractivity contribution in [3.63, 3.8) is 0 Å². The molecule has 5 nitrogen and oxygen atoms in total. The molecule has 3 heterocycles. The van der Waals surface area contributed by atoms with Gasteiger partial charge in [0.1, 0.15) is 5.69 Å². The smallest absolute Gasteiger partial charge is 0.272 e. The van der Waals surface area contributed by atoms with Crippen molar-refractivity contribution in [3.05, 3.63) is 53.5 Å². The quantitative estimate of drug-likeness (QED) is 0.935. The molecule has 1 aliphatic rings. The minimum Gasteiger partial charge on any atom is -0.272 e. The van der Waals surface area contributed by atoms with Gasteiger partial charge >= 0.3 is 6.18 Å². The molecule has 0 atom stereocenters. The molecule has 114 valence electrons. The maximum absolute atomic E-state index is 12.7. The second-order valence-corrected chi connectivity index (χ2v) is 5.14. The summed E-state index contributed by atoms with van der Waals surface area (Å²) >= 11 is 1.50. The largest absolute Gasteiger partial charge is 0.433 e. The Morgan fingerprint density at radius 2 is 2.00 bits per heavy atom. The van der Waals surface area contributed by atoms with Gasteiger partial charge in [-0.3, -0.25) is 15.4 Å². The van der Waals surface area contributed by atoms with Gasteiger partial charge in [-0.1, -0.05) is 6.07 Å². The molecular formula is C13H10F3N5S. The number of nitrogens with zero attached hydrogens (tertiary/aromatic N) is 4. The number of pyridine rings is 1. The van der Waals surface area contributed by atoms with Crippen LogP contribution in [0.5, 0.6) is 0 Å². The first-order valence-electron chi connectivity index (χ1n) is 6.21. The summed E-state index contributed by atoms with van der Waals surface area (Å²) in [5, 5.41) is 3.53. The minimum atomic E-state index is -4.50. The fourth-order valence-corrected chi connectivity index (χ4v) is 2.65. The molecular weight excluding hydrogens is 315 g/mol. The number of hydrogen-bond acceptors (Lipinski definition) is 6. The zero-order valence-corrected chi connectivity index (χ0v) is 11.9. The summed E-state index contributed by atoms with van der Waals surface area (Å²) in [6, 6.07) is 6.28. The summed E-state index contributed by atoms with van der Waals surface area (Å²) < 4.78 is 38.0. The molecule has 1 N–H and O–H groups in total. The molecule has 3 rings (SSSR count). The summed E-state index contributed by atoms with van der Waals surface area (Å²) in [6.45, 7) is 0. The maximum atomic E-state index is 12.7. The first-order valence-corrected chi connectivity index (χ1v) is 7.26. The Bertz CT molecular complexity index is 690. The van der Waals surface area contributed by atoms with E-state index in [2.05, 4.69) is 20.4 Å². The molecule has 9 heteroatoms. The number of halogens is 3. The Labute approximate surface area is 128 Å². The van der Waals surface area contributed by atoms with Gasteiger partial charge in [-0.25, -0.2) is 9.97 Å². The van der Waals surface area contributed by atoms with Crippen LogP contribution in [0.3, 0.4) is 0 Å². The van der Waals surface area contributed by atoms with Gasteiger partial charge in [0.05, 0.1) is 17.3 Å². The van der Waals surface area contributed by atoms with E-state index in [-0.39, 0.29) is 5.95 Å². The standard InChI is InChI=1S/C13H10F3N5S/c14-13(15,16)11-4-6-18-12(19-11)20-21-8-22-7-10(21)9-3-1-2-5-17-9/h1-7H,8H2,(H,18,19,20). The van der Waals surface area contributed by atoms with E-state index in [1.165, 1.54) is 11.8 Å². The van der Waals surface area contributed by atoms with Crippen molar-refractivity contribution in [2.75, 3.05) is 11.3 Å². The third-order valence-electron chi connectivity index (χ3n) is 2.80. The predicted molar refractivity (Wildman–Crippen MR) is 77.2 cm³/mol. The monoisotopic (exact) mass is 325 g/mol. The van der Waals surface area contributed by atoms with Crippen molar-refractivity contribution in [1.82, 2.24) is 20.0 Å². The van der Waals surface area contributed by atoms with Crippen LogP contribution in [-0.2, 0) is 6.18 Å². The van der Waals surface area contributed by atoms with Gasteiger partial charge in [-0.05, 0) is 18.2 Å². The van der Waals surface area contributed by atoms with Crippen LogP contribution in [0.25, 0.3) is 5.70 Å². The van der Waals surface area contributed by atoms with Gasteiger partial charge in [0.2, 0.25) is 5.95 Å². The lowest BCUT2D eigenvalue weighted by Gasteiger charge is -2.22. The van der Waals surface area contributed by atoms with Gasteiger partial charge in [0.25, 0.3) is 0 Å². The van der Waals surface area contributed by atoms with E-state index >= 15 is 0 Å². The normalized spacial score (nSPS) is 14.9. The third-order valence-corrected chi connectivity index (χ3v) is 3.59. The molecule has 0 bridgehead atoms. The summed E-state index contributed by atoms with van der Waals surface area (Å²) in [7, 11) is 0. The average Bonchev–Trinajstić information content (AvgIpc) is 2.96. The Kier molecular flexibility index (Phi) is 3.88. The number of anilines is 1. The van der Waals surface area contributed by atoms with Crippen molar-refractivity contribution in [1.29, 1.82) is 0 Å². The predicted octanol–water partition coefficient (Wildman–Crippen LogP) is 3.22. The second-order valence-electron chi connectivity index (χ2n) is 4.32. The molecule has 2 aromatic heterocycles. The SMILES string of the molecule is FC(F)(F)c1ccnc(NN2CSC=C2c2ccccn2)n1. The zero-order chi connectivity index (χ0) is 15.6. The van der Waals surface area contributed by atoms with Crippen molar-refractivity contribution < 1.29 is 13.2 Å². The maximum Gasteiger partial charge on any atom is 0.433 e. The van der Waals surface area contributed by atoms with E-state index in [1.54, 1.807) is 17.3 Å². The van der Waals surface area contributed by atoms with Crippen molar-refractivity contribution in [3.8, 4) is 0 Å². The first kappa shape index (κ1) is 14.6. The Hall–Kier alpha value is -2.29. The second kappa shape index (κ2) is 5.84. The van der Waals surface area contributed by atoms with Gasteiger partial charge < -0.3 is 0 Å². The first-order chi connectivity index (χ1) is 10.5.